The molecule has 0 aromatic carbocycles. The van der Waals surface area contributed by atoms with Gasteiger partial charge >= 0.3 is 31.5 Å². The average molecular weight is 566 g/mol. The van der Waals surface area contributed by atoms with E-state index in [0.29, 0.717) is 13.0 Å². The van der Waals surface area contributed by atoms with Gasteiger partial charge in [0.15, 0.2) is 0 Å². The maximum Gasteiger partial charge on any atom is 0.336 e. The SMILES string of the molecule is CC(C)(C)C(=O)OCOC(=O)C1CC(CP(=O)(OCOC(=O)C(C)(C)C)OCOC(=O)C(C)(C)C)CCN1. The Bertz CT molecular complexity index is 847. The summed E-state index contributed by atoms with van der Waals surface area (Å²) in [6.45, 7) is 13.7. The van der Waals surface area contributed by atoms with Crippen LogP contribution in [0.3, 0.4) is 0 Å². The summed E-state index contributed by atoms with van der Waals surface area (Å²) in [6, 6.07) is -0.729. The Hall–Kier alpha value is -2.01. The molecule has 1 rings (SSSR count). The molecule has 1 saturated heterocycles. The summed E-state index contributed by atoms with van der Waals surface area (Å²) < 4.78 is 44.5. The molecule has 0 aromatic rings. The van der Waals surface area contributed by atoms with Crippen molar-refractivity contribution in [1.29, 1.82) is 0 Å². The number of hydrogen-bond donors (Lipinski definition) is 1. The number of esters is 4. The Balaban J connectivity index is 2.78. The minimum atomic E-state index is -3.92. The largest absolute Gasteiger partial charge is 0.438 e. The molecule has 13 heteroatoms. The third kappa shape index (κ3) is 12.2. The summed E-state index contributed by atoms with van der Waals surface area (Å²) in [5, 5.41) is 3.03. The highest BCUT2D eigenvalue weighted by molar-refractivity contribution is 7.53. The van der Waals surface area contributed by atoms with E-state index in [1.165, 1.54) is 0 Å². The lowest BCUT2D eigenvalue weighted by molar-refractivity contribution is -0.175. The third-order valence-electron chi connectivity index (χ3n) is 5.39. The Labute approximate surface area is 225 Å². The molecule has 2 atom stereocenters. The highest BCUT2D eigenvalue weighted by Crippen LogP contribution is 2.51. The lowest BCUT2D eigenvalue weighted by Crippen LogP contribution is -2.45. The maximum absolute atomic E-state index is 13.5. The lowest BCUT2D eigenvalue weighted by Gasteiger charge is -2.31. The predicted molar refractivity (Wildman–Crippen MR) is 136 cm³/mol. The molecule has 2 unspecified atom stereocenters. The molecule has 1 heterocycles. The molecule has 220 valence electrons. The Morgan fingerprint density at radius 1 is 0.711 bits per heavy atom. The number of piperidine rings is 1. The van der Waals surface area contributed by atoms with E-state index in [0.717, 1.165) is 0 Å². The predicted octanol–water partition coefficient (Wildman–Crippen LogP) is 3.76. The van der Waals surface area contributed by atoms with E-state index in [-0.39, 0.29) is 18.5 Å². The zero-order valence-corrected chi connectivity index (χ0v) is 24.9. The number of carbonyl (C=O) groups excluding carboxylic acids is 4. The number of carbonyl (C=O) groups is 4. The van der Waals surface area contributed by atoms with Crippen molar-refractivity contribution in [2.24, 2.45) is 22.2 Å². The topological polar surface area (TPSA) is 153 Å². The Kier molecular flexibility index (Phi) is 12.4. The number of hydrogen-bond acceptors (Lipinski definition) is 12. The van der Waals surface area contributed by atoms with Gasteiger partial charge in [0, 0.05) is 0 Å². The van der Waals surface area contributed by atoms with Crippen molar-refractivity contribution in [1.82, 2.24) is 5.32 Å². The van der Waals surface area contributed by atoms with Crippen LogP contribution in [0.2, 0.25) is 0 Å². The van der Waals surface area contributed by atoms with Crippen molar-refractivity contribution >= 4 is 31.5 Å². The van der Waals surface area contributed by atoms with Gasteiger partial charge in [-0.1, -0.05) is 0 Å². The molecular weight excluding hydrogens is 521 g/mol. The van der Waals surface area contributed by atoms with E-state index in [2.05, 4.69) is 5.32 Å². The van der Waals surface area contributed by atoms with Gasteiger partial charge in [0.05, 0.1) is 22.4 Å². The Morgan fingerprint density at radius 2 is 1.13 bits per heavy atom. The fraction of sp³-hybridized carbons (Fsp3) is 0.840. The van der Waals surface area contributed by atoms with Crippen molar-refractivity contribution in [3.63, 3.8) is 0 Å². The van der Waals surface area contributed by atoms with Gasteiger partial charge in [-0.3, -0.25) is 32.8 Å². The van der Waals surface area contributed by atoms with Crippen molar-refractivity contribution < 1.29 is 51.7 Å². The smallest absolute Gasteiger partial charge is 0.336 e. The number of ether oxygens (including phenoxy) is 4. The molecule has 0 radical (unpaired) electrons. The molecular formula is C25H44NO11P. The molecule has 38 heavy (non-hydrogen) atoms. The molecule has 0 aliphatic carbocycles. The van der Waals surface area contributed by atoms with E-state index in [1.54, 1.807) is 62.3 Å². The standard InChI is InChI=1S/C25H44NO11P/c1-23(2,3)20(28)33-14-32-19(27)18-12-17(10-11-26-18)13-38(31,36-15-34-21(29)24(4,5)6)37-16-35-22(30)25(7,8)9/h17-18,26H,10-16H2,1-9H3. The highest BCUT2D eigenvalue weighted by atomic mass is 31.2. The van der Waals surface area contributed by atoms with Crippen molar-refractivity contribution in [3.05, 3.63) is 0 Å². The van der Waals surface area contributed by atoms with Crippen LogP contribution in [-0.4, -0.2) is 63.0 Å². The van der Waals surface area contributed by atoms with Gasteiger partial charge in [-0.15, -0.1) is 0 Å². The minimum Gasteiger partial charge on any atom is -0.438 e. The minimum absolute atomic E-state index is 0.113. The summed E-state index contributed by atoms with van der Waals surface area (Å²) in [5.41, 5.74) is -2.31. The van der Waals surface area contributed by atoms with Crippen LogP contribution in [0.1, 0.15) is 75.2 Å². The molecule has 1 fully saturated rings. The van der Waals surface area contributed by atoms with Gasteiger partial charge in [-0.05, 0) is 87.6 Å². The van der Waals surface area contributed by atoms with Crippen LogP contribution < -0.4 is 5.32 Å². The van der Waals surface area contributed by atoms with E-state index in [9.17, 15) is 23.7 Å². The molecule has 1 aliphatic heterocycles. The molecule has 0 aromatic heterocycles. The van der Waals surface area contributed by atoms with Gasteiger partial charge < -0.3 is 24.3 Å². The summed E-state index contributed by atoms with van der Waals surface area (Å²) in [6.07, 6.45) is 0.674. The summed E-state index contributed by atoms with van der Waals surface area (Å²) >= 11 is 0. The van der Waals surface area contributed by atoms with Crippen LogP contribution in [0.4, 0.5) is 0 Å². The van der Waals surface area contributed by atoms with Crippen LogP contribution in [0, 0.1) is 22.2 Å². The van der Waals surface area contributed by atoms with E-state index >= 15 is 0 Å². The third-order valence-corrected chi connectivity index (χ3v) is 7.35. The highest BCUT2D eigenvalue weighted by Gasteiger charge is 2.37. The molecule has 0 spiro atoms. The van der Waals surface area contributed by atoms with Gasteiger partial charge in [-0.2, -0.15) is 0 Å². The second-order valence-corrected chi connectivity index (χ2v) is 14.4. The second kappa shape index (κ2) is 13.9. The molecule has 1 aliphatic rings. The van der Waals surface area contributed by atoms with Gasteiger partial charge in [-0.25, -0.2) is 0 Å². The molecule has 0 saturated carbocycles. The second-order valence-electron chi connectivity index (χ2n) is 12.3. The fourth-order valence-electron chi connectivity index (χ4n) is 3.01. The monoisotopic (exact) mass is 565 g/mol. The molecule has 1 N–H and O–H groups in total. The summed E-state index contributed by atoms with van der Waals surface area (Å²) in [5.74, 6) is -2.53. The number of rotatable bonds is 11. The van der Waals surface area contributed by atoms with Crippen molar-refractivity contribution in [2.45, 2.75) is 81.2 Å². The first-order chi connectivity index (χ1) is 17.2. The van der Waals surface area contributed by atoms with Crippen LogP contribution in [0.15, 0.2) is 0 Å². The average Bonchev–Trinajstić information content (AvgIpc) is 2.77. The lowest BCUT2D eigenvalue weighted by atomic mass is 9.94. The van der Waals surface area contributed by atoms with Gasteiger partial charge in [0.1, 0.15) is 6.04 Å². The van der Waals surface area contributed by atoms with Crippen LogP contribution in [0.5, 0.6) is 0 Å². The van der Waals surface area contributed by atoms with Crippen molar-refractivity contribution in [3.8, 4) is 0 Å². The normalized spacial score (nSPS) is 18.9. The van der Waals surface area contributed by atoms with Crippen LogP contribution >= 0.6 is 7.60 Å². The van der Waals surface area contributed by atoms with Gasteiger partial charge in [0.25, 0.3) is 0 Å². The van der Waals surface area contributed by atoms with E-state index < -0.39 is 74.1 Å². The molecule has 12 nitrogen and oxygen atoms in total. The summed E-state index contributed by atoms with van der Waals surface area (Å²) in [4.78, 5) is 48.5. The first-order valence-electron chi connectivity index (χ1n) is 12.5. The summed E-state index contributed by atoms with van der Waals surface area (Å²) in [7, 11) is -3.92. The van der Waals surface area contributed by atoms with E-state index in [1.807, 2.05) is 0 Å². The first kappa shape index (κ1) is 34.0. The van der Waals surface area contributed by atoms with Crippen LogP contribution in [-0.2, 0) is 51.7 Å². The zero-order chi connectivity index (χ0) is 29.4. The van der Waals surface area contributed by atoms with E-state index in [4.69, 9.17) is 28.0 Å². The Morgan fingerprint density at radius 3 is 1.55 bits per heavy atom. The van der Waals surface area contributed by atoms with Crippen LogP contribution in [0.25, 0.3) is 0 Å². The quantitative estimate of drug-likeness (QED) is 0.168. The van der Waals surface area contributed by atoms with Crippen molar-refractivity contribution in [2.75, 3.05) is 33.1 Å². The maximum atomic E-state index is 13.5. The first-order valence-corrected chi connectivity index (χ1v) is 14.3. The zero-order valence-electron chi connectivity index (χ0n) is 24.0. The van der Waals surface area contributed by atoms with Gasteiger partial charge in [0.2, 0.25) is 20.4 Å². The molecule has 0 amide bonds. The number of nitrogens with one attached hydrogen (secondary N) is 1. The fourth-order valence-corrected chi connectivity index (χ4v) is 4.69. The molecule has 0 bridgehead atoms.